The summed E-state index contributed by atoms with van der Waals surface area (Å²) in [7, 11) is 0. The van der Waals surface area contributed by atoms with Crippen LogP contribution in [0.25, 0.3) is 0 Å². The van der Waals surface area contributed by atoms with E-state index >= 15 is 0 Å². The van der Waals surface area contributed by atoms with Crippen LogP contribution in [0.3, 0.4) is 0 Å². The second-order valence-corrected chi connectivity index (χ2v) is 7.24. The Labute approximate surface area is 105 Å². The molecule has 2 rings (SSSR count). The molecule has 0 N–H and O–H groups in total. The molecule has 0 radical (unpaired) electrons. The Kier molecular flexibility index (Phi) is 4.60. The van der Waals surface area contributed by atoms with Crippen molar-refractivity contribution in [2.24, 2.45) is 0 Å². The van der Waals surface area contributed by atoms with E-state index in [-0.39, 0.29) is 37.1 Å². The molecule has 76 valence electrons. The van der Waals surface area contributed by atoms with Crippen LogP contribution in [0, 0.1) is 0 Å². The largest absolute Gasteiger partial charge is 1.00 e. The van der Waals surface area contributed by atoms with Gasteiger partial charge < -0.3 is 13.8 Å². The Hall–Kier alpha value is 0.133. The Bertz CT molecular complexity index is 317. The molecule has 0 aromatic heterocycles. The van der Waals surface area contributed by atoms with E-state index in [1.807, 2.05) is 0 Å². The Morgan fingerprint density at radius 3 is 1.71 bits per heavy atom. The van der Waals surface area contributed by atoms with Crippen LogP contribution in [0.4, 0.5) is 0 Å². The van der Waals surface area contributed by atoms with Gasteiger partial charge in [0.25, 0.3) is 0 Å². The zero-order valence-corrected chi connectivity index (χ0v) is 11.8. The van der Waals surface area contributed by atoms with Crippen molar-refractivity contribution < 1.29 is 37.1 Å². The standard InChI is InChI=1S/2C6H7.ClH.Zr.H/c2*1-6-4-2-3-5-6;;;/h2*2,4H,3H2,1H3;1H;;/q;;;;-1/p-1. The Morgan fingerprint density at radius 2 is 1.43 bits per heavy atom. The molecule has 14 heavy (non-hydrogen) atoms. The molecule has 2 aliphatic rings. The summed E-state index contributed by atoms with van der Waals surface area (Å²) in [6.45, 7) is 4.52. The van der Waals surface area contributed by atoms with E-state index in [0.29, 0.717) is 0 Å². The van der Waals surface area contributed by atoms with Gasteiger partial charge in [0.05, 0.1) is 0 Å². The summed E-state index contributed by atoms with van der Waals surface area (Å²) in [4.78, 5) is 0. The zero-order chi connectivity index (χ0) is 9.26. The smallest absolute Gasteiger partial charge is 1.00 e. The van der Waals surface area contributed by atoms with Crippen LogP contribution in [-0.2, 0) is 23.2 Å². The molecule has 0 amide bonds. The van der Waals surface area contributed by atoms with Gasteiger partial charge in [-0.05, 0) is 0 Å². The second kappa shape index (κ2) is 5.28. The monoisotopic (exact) mass is 284 g/mol. The molecule has 0 fully saturated rings. The van der Waals surface area contributed by atoms with E-state index < -0.39 is 0 Å². The first kappa shape index (κ1) is 12.2. The fourth-order valence-electron chi connectivity index (χ4n) is 1.71. The minimum atomic E-state index is -0.385. The van der Waals surface area contributed by atoms with Gasteiger partial charge in [-0.2, -0.15) is 0 Å². The van der Waals surface area contributed by atoms with Gasteiger partial charge in [-0.3, -0.25) is 0 Å². The van der Waals surface area contributed by atoms with Gasteiger partial charge in [-0.25, -0.2) is 0 Å². The number of allylic oxidation sites excluding steroid dienone is 8. The van der Waals surface area contributed by atoms with Gasteiger partial charge in [0.2, 0.25) is 0 Å². The first-order valence-corrected chi connectivity index (χ1v) is 7.23. The van der Waals surface area contributed by atoms with Gasteiger partial charge >= 0.3 is 91.9 Å². The number of halogens is 1. The summed E-state index contributed by atoms with van der Waals surface area (Å²) in [5, 5.41) is 0. The van der Waals surface area contributed by atoms with Crippen molar-refractivity contribution in [3.05, 3.63) is 42.0 Å². The second-order valence-electron chi connectivity index (χ2n) is 3.66. The van der Waals surface area contributed by atoms with Gasteiger partial charge in [0.15, 0.2) is 0 Å². The topological polar surface area (TPSA) is 0 Å². The SMILES string of the molecule is CC1=[C]([Zr][C]2=C(C)C=CC2)CC=C1.[Cl-].[H-]. The minimum absolute atomic E-state index is 0. The third-order valence-corrected chi connectivity index (χ3v) is 7.06. The van der Waals surface area contributed by atoms with Crippen LogP contribution >= 0.6 is 0 Å². The van der Waals surface area contributed by atoms with E-state index in [1.165, 1.54) is 12.8 Å². The Morgan fingerprint density at radius 1 is 1.00 bits per heavy atom. The van der Waals surface area contributed by atoms with Crippen LogP contribution in [0.15, 0.2) is 42.0 Å². The maximum absolute atomic E-state index is 2.31. The fourth-order valence-corrected chi connectivity index (χ4v) is 5.07. The average Bonchev–Trinajstić information content (AvgIpc) is 2.65. The Balaban J connectivity index is 0.000000980. The van der Waals surface area contributed by atoms with E-state index in [2.05, 4.69) is 38.2 Å². The molecular formula is C12H15ClZr-2. The molecule has 2 aliphatic carbocycles. The predicted molar refractivity (Wildman–Crippen MR) is 54.0 cm³/mol. The maximum atomic E-state index is 2.31. The van der Waals surface area contributed by atoms with Gasteiger partial charge in [-0.15, -0.1) is 0 Å². The van der Waals surface area contributed by atoms with Gasteiger partial charge in [0, 0.05) is 0 Å². The molecule has 0 aliphatic heterocycles. The normalized spacial score (nSPS) is 19.3. The fraction of sp³-hybridized carbons (Fsp3) is 0.333. The first-order valence-electron chi connectivity index (χ1n) is 4.77. The van der Waals surface area contributed by atoms with Crippen LogP contribution in [0.1, 0.15) is 28.1 Å². The van der Waals surface area contributed by atoms with E-state index in [0.717, 1.165) is 0 Å². The first-order chi connectivity index (χ1) is 6.27. The summed E-state index contributed by atoms with van der Waals surface area (Å²) in [6, 6.07) is 0. The van der Waals surface area contributed by atoms with Crippen LogP contribution < -0.4 is 12.4 Å². The van der Waals surface area contributed by atoms with Crippen molar-refractivity contribution in [2.45, 2.75) is 26.7 Å². The molecule has 0 saturated heterocycles. The van der Waals surface area contributed by atoms with E-state index in [9.17, 15) is 0 Å². The summed E-state index contributed by atoms with van der Waals surface area (Å²) >= 11 is -0.385. The molecular weight excluding hydrogens is 271 g/mol. The van der Waals surface area contributed by atoms with Crippen molar-refractivity contribution in [1.82, 2.24) is 0 Å². The quantitative estimate of drug-likeness (QED) is 0.699. The van der Waals surface area contributed by atoms with Crippen LogP contribution in [0.5, 0.6) is 0 Å². The minimum Gasteiger partial charge on any atom is -1.00 e. The molecule has 0 bridgehead atoms. The molecule has 0 aromatic carbocycles. The molecule has 0 nitrogen and oxygen atoms in total. The van der Waals surface area contributed by atoms with Crippen molar-refractivity contribution in [2.75, 3.05) is 0 Å². The third-order valence-electron chi connectivity index (χ3n) is 2.63. The van der Waals surface area contributed by atoms with Gasteiger partial charge in [-0.1, -0.05) is 0 Å². The van der Waals surface area contributed by atoms with E-state index in [4.69, 9.17) is 0 Å². The molecule has 0 heterocycles. The van der Waals surface area contributed by atoms with Crippen molar-refractivity contribution in [3.63, 3.8) is 0 Å². The molecule has 0 atom stereocenters. The summed E-state index contributed by atoms with van der Waals surface area (Å²) in [5.74, 6) is 0. The number of rotatable bonds is 2. The number of hydrogen-bond donors (Lipinski definition) is 0. The molecule has 0 aromatic rings. The van der Waals surface area contributed by atoms with Crippen LogP contribution in [0.2, 0.25) is 0 Å². The predicted octanol–water partition coefficient (Wildman–Crippen LogP) is 0.653. The average molecular weight is 286 g/mol. The third kappa shape index (κ3) is 2.58. The summed E-state index contributed by atoms with van der Waals surface area (Å²) < 4.78 is 3.56. The van der Waals surface area contributed by atoms with Crippen LogP contribution in [-0.4, -0.2) is 0 Å². The van der Waals surface area contributed by atoms with E-state index in [1.54, 1.807) is 17.7 Å². The van der Waals surface area contributed by atoms with Crippen molar-refractivity contribution in [3.8, 4) is 0 Å². The van der Waals surface area contributed by atoms with Gasteiger partial charge in [0.1, 0.15) is 0 Å². The molecule has 0 spiro atoms. The molecule has 2 heteroatoms. The van der Waals surface area contributed by atoms with Crippen molar-refractivity contribution >= 4 is 0 Å². The molecule has 0 unspecified atom stereocenters. The summed E-state index contributed by atoms with van der Waals surface area (Å²) in [6.07, 6.45) is 11.7. The number of hydrogen-bond acceptors (Lipinski definition) is 0. The summed E-state index contributed by atoms with van der Waals surface area (Å²) in [5.41, 5.74) is 3.11. The maximum Gasteiger partial charge on any atom is -1.00 e. The molecule has 0 saturated carbocycles. The zero-order valence-electron chi connectivity index (χ0n) is 9.60. The van der Waals surface area contributed by atoms with Crippen molar-refractivity contribution in [1.29, 1.82) is 0 Å².